The van der Waals surface area contributed by atoms with E-state index in [0.29, 0.717) is 12.5 Å². The van der Waals surface area contributed by atoms with Crippen molar-refractivity contribution in [3.63, 3.8) is 0 Å². The van der Waals surface area contributed by atoms with Crippen molar-refractivity contribution in [3.8, 4) is 0 Å². The number of hydrogen-bond acceptors (Lipinski definition) is 3. The molecule has 0 spiro atoms. The van der Waals surface area contributed by atoms with Gasteiger partial charge in [0.25, 0.3) is 0 Å². The minimum Gasteiger partial charge on any atom is -0.356 e. The molecule has 0 unspecified atom stereocenters. The fraction of sp³-hybridized carbons (Fsp3) is 0.600. The smallest absolute Gasteiger partial charge is 0.241 e. The highest BCUT2D eigenvalue weighted by Crippen LogP contribution is 2.08. The Labute approximate surface area is 153 Å². The monoisotopic (exact) mass is 436 g/mol. The number of nitrogens with zero attached hydrogens (tertiary/aromatic N) is 2. The van der Waals surface area contributed by atoms with E-state index in [1.165, 1.54) is 11.3 Å². The zero-order valence-electron chi connectivity index (χ0n) is 13.0. The lowest BCUT2D eigenvalue weighted by molar-refractivity contribution is -0.130. The molecule has 0 aromatic carbocycles. The summed E-state index contributed by atoms with van der Waals surface area (Å²) in [7, 11) is 1.73. The molecule has 0 radical (unpaired) electrons. The molecular formula is C15H25IN4OS. The van der Waals surface area contributed by atoms with Gasteiger partial charge in [0.05, 0.1) is 6.54 Å². The Balaban J connectivity index is 0.00000242. The largest absolute Gasteiger partial charge is 0.356 e. The summed E-state index contributed by atoms with van der Waals surface area (Å²) >= 11 is 1.76. The molecule has 1 saturated heterocycles. The molecule has 1 aromatic heterocycles. The standard InChI is InChI=1S/C15H24N4OS.HI/c1-16-15(17-8-7-13-6-5-11-21-13)18-12-14(20)19-9-3-2-4-10-19;/h5-6,11H,2-4,7-10,12H2,1H3,(H2,16,17,18);1H. The van der Waals surface area contributed by atoms with E-state index in [1.807, 2.05) is 4.90 Å². The minimum atomic E-state index is 0. The van der Waals surface area contributed by atoms with Crippen LogP contribution in [0.5, 0.6) is 0 Å². The number of thiophene rings is 1. The summed E-state index contributed by atoms with van der Waals surface area (Å²) in [4.78, 5) is 19.5. The molecule has 22 heavy (non-hydrogen) atoms. The van der Waals surface area contributed by atoms with Gasteiger partial charge in [0.15, 0.2) is 5.96 Å². The molecule has 124 valence electrons. The van der Waals surface area contributed by atoms with Crippen LogP contribution in [-0.4, -0.2) is 50.0 Å². The van der Waals surface area contributed by atoms with Crippen molar-refractivity contribution in [2.75, 3.05) is 33.2 Å². The molecule has 1 aliphatic heterocycles. The van der Waals surface area contributed by atoms with E-state index in [1.54, 1.807) is 18.4 Å². The van der Waals surface area contributed by atoms with Crippen molar-refractivity contribution in [1.29, 1.82) is 0 Å². The topological polar surface area (TPSA) is 56.7 Å². The zero-order valence-corrected chi connectivity index (χ0v) is 16.2. The first-order chi connectivity index (χ1) is 10.3. The molecule has 2 heterocycles. The van der Waals surface area contributed by atoms with Gasteiger partial charge in [0.1, 0.15) is 0 Å². The van der Waals surface area contributed by atoms with Crippen LogP contribution in [0.2, 0.25) is 0 Å². The van der Waals surface area contributed by atoms with Crippen LogP contribution in [0.1, 0.15) is 24.1 Å². The second-order valence-electron chi connectivity index (χ2n) is 5.12. The molecule has 0 aliphatic carbocycles. The van der Waals surface area contributed by atoms with Gasteiger partial charge >= 0.3 is 0 Å². The van der Waals surface area contributed by atoms with Gasteiger partial charge in [-0.25, -0.2) is 0 Å². The summed E-state index contributed by atoms with van der Waals surface area (Å²) < 4.78 is 0. The number of rotatable bonds is 5. The number of nitrogens with one attached hydrogen (secondary N) is 2. The first-order valence-corrected chi connectivity index (χ1v) is 8.42. The Morgan fingerprint density at radius 3 is 2.73 bits per heavy atom. The third-order valence-electron chi connectivity index (χ3n) is 3.58. The van der Waals surface area contributed by atoms with E-state index in [9.17, 15) is 4.79 Å². The van der Waals surface area contributed by atoms with Crippen LogP contribution in [0.4, 0.5) is 0 Å². The molecule has 2 rings (SSSR count). The third-order valence-corrected chi connectivity index (χ3v) is 4.52. The molecule has 1 fully saturated rings. The lowest BCUT2D eigenvalue weighted by Crippen LogP contribution is -2.46. The van der Waals surface area contributed by atoms with Crippen molar-refractivity contribution >= 4 is 47.2 Å². The van der Waals surface area contributed by atoms with E-state index in [0.717, 1.165) is 38.9 Å². The molecule has 2 N–H and O–H groups in total. The van der Waals surface area contributed by atoms with Crippen molar-refractivity contribution in [3.05, 3.63) is 22.4 Å². The molecule has 5 nitrogen and oxygen atoms in total. The molecular weight excluding hydrogens is 411 g/mol. The fourth-order valence-corrected chi connectivity index (χ4v) is 3.10. The van der Waals surface area contributed by atoms with E-state index in [2.05, 4.69) is 33.1 Å². The van der Waals surface area contributed by atoms with Gasteiger partial charge in [0, 0.05) is 31.6 Å². The zero-order chi connectivity index (χ0) is 14.9. The number of aliphatic imine (C=N–C) groups is 1. The number of carbonyl (C=O) groups is 1. The maximum atomic E-state index is 12.1. The van der Waals surface area contributed by atoms with Gasteiger partial charge in [-0.1, -0.05) is 6.07 Å². The first kappa shape index (κ1) is 19.2. The Hall–Kier alpha value is -0.830. The highest BCUT2D eigenvalue weighted by Gasteiger charge is 2.16. The predicted molar refractivity (Wildman–Crippen MR) is 103 cm³/mol. The molecule has 1 aliphatic rings. The Morgan fingerprint density at radius 1 is 1.32 bits per heavy atom. The average molecular weight is 436 g/mol. The van der Waals surface area contributed by atoms with Crippen molar-refractivity contribution in [2.24, 2.45) is 4.99 Å². The maximum Gasteiger partial charge on any atom is 0.241 e. The third kappa shape index (κ3) is 6.51. The van der Waals surface area contributed by atoms with E-state index in [-0.39, 0.29) is 29.9 Å². The number of piperidine rings is 1. The van der Waals surface area contributed by atoms with E-state index < -0.39 is 0 Å². The SMILES string of the molecule is CN=C(NCCc1cccs1)NCC(=O)N1CCCCC1.I. The first-order valence-electron chi connectivity index (χ1n) is 7.54. The van der Waals surface area contributed by atoms with Crippen LogP contribution in [0.25, 0.3) is 0 Å². The Morgan fingerprint density at radius 2 is 2.09 bits per heavy atom. The summed E-state index contributed by atoms with van der Waals surface area (Å²) in [6, 6.07) is 4.19. The minimum absolute atomic E-state index is 0. The molecule has 0 bridgehead atoms. The van der Waals surface area contributed by atoms with Gasteiger partial charge in [-0.15, -0.1) is 35.3 Å². The fourth-order valence-electron chi connectivity index (χ4n) is 2.39. The highest BCUT2D eigenvalue weighted by molar-refractivity contribution is 14.0. The van der Waals surface area contributed by atoms with Gasteiger partial charge in [-0.3, -0.25) is 9.79 Å². The van der Waals surface area contributed by atoms with Crippen LogP contribution in [-0.2, 0) is 11.2 Å². The van der Waals surface area contributed by atoms with Gasteiger partial charge < -0.3 is 15.5 Å². The second-order valence-corrected chi connectivity index (χ2v) is 6.16. The summed E-state index contributed by atoms with van der Waals surface area (Å²) in [5, 5.41) is 8.42. The summed E-state index contributed by atoms with van der Waals surface area (Å²) in [6.45, 7) is 2.92. The quantitative estimate of drug-likeness (QED) is 0.422. The van der Waals surface area contributed by atoms with E-state index >= 15 is 0 Å². The number of carbonyl (C=O) groups excluding carboxylic acids is 1. The lowest BCUT2D eigenvalue weighted by atomic mass is 10.1. The number of hydrogen-bond donors (Lipinski definition) is 2. The lowest BCUT2D eigenvalue weighted by Gasteiger charge is -2.27. The maximum absolute atomic E-state index is 12.1. The summed E-state index contributed by atoms with van der Waals surface area (Å²) in [5.41, 5.74) is 0. The van der Waals surface area contributed by atoms with Crippen LogP contribution >= 0.6 is 35.3 Å². The predicted octanol–water partition coefficient (Wildman–Crippen LogP) is 2.09. The molecule has 1 aromatic rings. The molecule has 0 atom stereocenters. The van der Waals surface area contributed by atoms with Gasteiger partial charge in [0.2, 0.25) is 5.91 Å². The molecule has 1 amide bonds. The number of likely N-dealkylation sites (tertiary alicyclic amines) is 1. The van der Waals surface area contributed by atoms with Crippen molar-refractivity contribution < 1.29 is 4.79 Å². The highest BCUT2D eigenvalue weighted by atomic mass is 127. The van der Waals surface area contributed by atoms with Crippen LogP contribution in [0, 0.1) is 0 Å². The normalized spacial score (nSPS) is 15.1. The van der Waals surface area contributed by atoms with Crippen molar-refractivity contribution in [2.45, 2.75) is 25.7 Å². The number of halogens is 1. The number of guanidine groups is 1. The molecule has 7 heteroatoms. The van der Waals surface area contributed by atoms with Crippen LogP contribution in [0.3, 0.4) is 0 Å². The average Bonchev–Trinajstić information content (AvgIpc) is 3.04. The summed E-state index contributed by atoms with van der Waals surface area (Å²) in [5.74, 6) is 0.854. The van der Waals surface area contributed by atoms with Crippen LogP contribution < -0.4 is 10.6 Å². The Kier molecular flexibility index (Phi) is 9.45. The van der Waals surface area contributed by atoms with Crippen LogP contribution in [0.15, 0.2) is 22.5 Å². The van der Waals surface area contributed by atoms with Gasteiger partial charge in [-0.2, -0.15) is 0 Å². The number of amides is 1. The Bertz CT molecular complexity index is 458. The van der Waals surface area contributed by atoms with Crippen molar-refractivity contribution in [1.82, 2.24) is 15.5 Å². The summed E-state index contributed by atoms with van der Waals surface area (Å²) in [6.07, 6.45) is 4.46. The molecule has 0 saturated carbocycles. The van der Waals surface area contributed by atoms with E-state index in [4.69, 9.17) is 0 Å². The van der Waals surface area contributed by atoms with Gasteiger partial charge in [-0.05, 0) is 37.1 Å². The second kappa shape index (κ2) is 10.8.